The second-order valence-electron chi connectivity index (χ2n) is 7.98. The van der Waals surface area contributed by atoms with Gasteiger partial charge >= 0.3 is 0 Å². The Balaban J connectivity index is 1.32. The van der Waals surface area contributed by atoms with Crippen LogP contribution < -0.4 is 19.9 Å². The zero-order valence-electron chi connectivity index (χ0n) is 17.9. The first-order valence-electron chi connectivity index (χ1n) is 10.7. The summed E-state index contributed by atoms with van der Waals surface area (Å²) < 4.78 is 12.2. The van der Waals surface area contributed by atoms with Gasteiger partial charge in [0.05, 0.1) is 5.69 Å². The van der Waals surface area contributed by atoms with Crippen LogP contribution in [0.3, 0.4) is 0 Å². The molecule has 3 heterocycles. The van der Waals surface area contributed by atoms with E-state index in [1.807, 2.05) is 36.1 Å². The van der Waals surface area contributed by atoms with Gasteiger partial charge in [-0.3, -0.25) is 9.59 Å². The van der Waals surface area contributed by atoms with Crippen molar-refractivity contribution in [2.24, 2.45) is 0 Å². The molecule has 2 aliphatic rings. The SMILES string of the molecule is Cc1ccc(-n2nc(N3CCCN(C(=O)c4ccc5c(c4)OCO5)CC3)ccc2=O)cc1. The lowest BCUT2D eigenvalue weighted by molar-refractivity contribution is 0.0766. The molecule has 0 atom stereocenters. The number of nitrogens with zero attached hydrogens (tertiary/aromatic N) is 4. The fraction of sp³-hybridized carbons (Fsp3) is 0.292. The average Bonchev–Trinajstić information content (AvgIpc) is 3.15. The fourth-order valence-electron chi connectivity index (χ4n) is 4.00. The van der Waals surface area contributed by atoms with Crippen molar-refractivity contribution in [2.75, 3.05) is 37.9 Å². The van der Waals surface area contributed by atoms with Crippen LogP contribution in [0.5, 0.6) is 11.5 Å². The maximum atomic E-state index is 13.1. The molecule has 0 bridgehead atoms. The number of aromatic nitrogens is 2. The summed E-state index contributed by atoms with van der Waals surface area (Å²) in [6, 6.07) is 16.3. The molecule has 5 rings (SSSR count). The minimum atomic E-state index is -0.174. The lowest BCUT2D eigenvalue weighted by Gasteiger charge is -2.23. The first kappa shape index (κ1) is 20.1. The van der Waals surface area contributed by atoms with E-state index in [4.69, 9.17) is 9.47 Å². The van der Waals surface area contributed by atoms with Crippen LogP contribution in [0.2, 0.25) is 0 Å². The number of amides is 1. The van der Waals surface area contributed by atoms with Gasteiger partial charge in [0, 0.05) is 37.8 Å². The van der Waals surface area contributed by atoms with Gasteiger partial charge < -0.3 is 19.3 Å². The van der Waals surface area contributed by atoms with Gasteiger partial charge in [0.1, 0.15) is 5.82 Å². The number of anilines is 1. The zero-order chi connectivity index (χ0) is 22.1. The molecule has 32 heavy (non-hydrogen) atoms. The summed E-state index contributed by atoms with van der Waals surface area (Å²) in [4.78, 5) is 29.4. The van der Waals surface area contributed by atoms with Gasteiger partial charge in [-0.2, -0.15) is 4.68 Å². The van der Waals surface area contributed by atoms with Crippen molar-refractivity contribution in [2.45, 2.75) is 13.3 Å². The third kappa shape index (κ3) is 3.91. The molecule has 1 saturated heterocycles. The number of benzene rings is 2. The number of fused-ring (bicyclic) bond motifs is 1. The standard InChI is InChI=1S/C24H24N4O4/c1-17-3-6-19(7-4-17)28-23(29)10-9-22(25-28)26-11-2-12-27(14-13-26)24(30)18-5-8-20-21(15-18)32-16-31-20/h3-10,15H,2,11-14,16H2,1H3. The predicted octanol–water partition coefficient (Wildman–Crippen LogP) is 2.62. The Kier molecular flexibility index (Phi) is 5.26. The number of carbonyl (C=O) groups excluding carboxylic acids is 1. The van der Waals surface area contributed by atoms with Gasteiger partial charge in [-0.05, 0) is 49.7 Å². The largest absolute Gasteiger partial charge is 0.454 e. The van der Waals surface area contributed by atoms with Gasteiger partial charge in [-0.1, -0.05) is 17.7 Å². The molecule has 0 radical (unpaired) electrons. The number of ether oxygens (including phenoxy) is 2. The number of hydrogen-bond acceptors (Lipinski definition) is 6. The van der Waals surface area contributed by atoms with Crippen molar-refractivity contribution in [3.05, 3.63) is 76.1 Å². The summed E-state index contributed by atoms with van der Waals surface area (Å²) in [6.45, 7) is 4.80. The Hall–Kier alpha value is -3.81. The van der Waals surface area contributed by atoms with Crippen LogP contribution in [0.4, 0.5) is 5.82 Å². The van der Waals surface area contributed by atoms with Crippen molar-refractivity contribution in [3.63, 3.8) is 0 Å². The Morgan fingerprint density at radius 2 is 1.72 bits per heavy atom. The smallest absolute Gasteiger partial charge is 0.271 e. The quantitative estimate of drug-likeness (QED) is 0.633. The average molecular weight is 432 g/mol. The third-order valence-corrected chi connectivity index (χ3v) is 5.79. The van der Waals surface area contributed by atoms with E-state index in [0.29, 0.717) is 36.7 Å². The Labute approximate surface area is 185 Å². The summed E-state index contributed by atoms with van der Waals surface area (Å²) in [6.07, 6.45) is 0.807. The summed E-state index contributed by atoms with van der Waals surface area (Å²) >= 11 is 0. The van der Waals surface area contributed by atoms with E-state index < -0.39 is 0 Å². The normalized spacial score (nSPS) is 15.5. The van der Waals surface area contributed by atoms with Crippen LogP contribution in [0.15, 0.2) is 59.4 Å². The molecule has 1 fully saturated rings. The van der Waals surface area contributed by atoms with Crippen LogP contribution in [0.25, 0.3) is 5.69 Å². The summed E-state index contributed by atoms with van der Waals surface area (Å²) in [5.41, 5.74) is 2.27. The summed E-state index contributed by atoms with van der Waals surface area (Å²) in [7, 11) is 0. The monoisotopic (exact) mass is 432 g/mol. The number of aryl methyl sites for hydroxylation is 1. The maximum Gasteiger partial charge on any atom is 0.271 e. The van der Waals surface area contributed by atoms with Gasteiger partial charge in [-0.25, -0.2) is 0 Å². The first-order chi connectivity index (χ1) is 15.6. The van der Waals surface area contributed by atoms with Crippen LogP contribution in [-0.4, -0.2) is 53.6 Å². The molecule has 164 valence electrons. The highest BCUT2D eigenvalue weighted by Gasteiger charge is 2.23. The van der Waals surface area contributed by atoms with E-state index in [0.717, 1.165) is 30.0 Å². The molecule has 0 aliphatic carbocycles. The van der Waals surface area contributed by atoms with E-state index in [1.165, 1.54) is 4.68 Å². The van der Waals surface area contributed by atoms with Crippen LogP contribution in [0, 0.1) is 6.92 Å². The number of carbonyl (C=O) groups is 1. The molecule has 0 spiro atoms. The Morgan fingerprint density at radius 1 is 0.906 bits per heavy atom. The molecular formula is C24H24N4O4. The fourth-order valence-corrected chi connectivity index (χ4v) is 4.00. The molecule has 2 aliphatic heterocycles. The molecule has 0 N–H and O–H groups in total. The minimum absolute atomic E-state index is 0.0252. The number of rotatable bonds is 3. The van der Waals surface area contributed by atoms with Gasteiger partial charge in [0.25, 0.3) is 11.5 Å². The van der Waals surface area contributed by atoms with Crippen LogP contribution in [0.1, 0.15) is 22.3 Å². The predicted molar refractivity (Wildman–Crippen MR) is 120 cm³/mol. The van der Waals surface area contributed by atoms with E-state index in [-0.39, 0.29) is 18.3 Å². The maximum absolute atomic E-state index is 13.1. The molecule has 2 aromatic carbocycles. The van der Waals surface area contributed by atoms with Crippen molar-refractivity contribution in [1.82, 2.24) is 14.7 Å². The molecule has 1 aromatic heterocycles. The van der Waals surface area contributed by atoms with Crippen molar-refractivity contribution in [3.8, 4) is 17.2 Å². The molecule has 8 nitrogen and oxygen atoms in total. The van der Waals surface area contributed by atoms with E-state index in [2.05, 4.69) is 10.00 Å². The van der Waals surface area contributed by atoms with Crippen LogP contribution in [-0.2, 0) is 0 Å². The lowest BCUT2D eigenvalue weighted by atomic mass is 10.1. The summed E-state index contributed by atoms with van der Waals surface area (Å²) in [5, 5.41) is 4.60. The van der Waals surface area contributed by atoms with Gasteiger partial charge in [0.15, 0.2) is 11.5 Å². The van der Waals surface area contributed by atoms with Crippen molar-refractivity contribution < 1.29 is 14.3 Å². The molecule has 0 saturated carbocycles. The zero-order valence-corrected chi connectivity index (χ0v) is 17.9. The Morgan fingerprint density at radius 3 is 2.56 bits per heavy atom. The first-order valence-corrected chi connectivity index (χ1v) is 10.7. The second kappa shape index (κ2) is 8.37. The van der Waals surface area contributed by atoms with Gasteiger partial charge in [-0.15, -0.1) is 5.10 Å². The van der Waals surface area contributed by atoms with Crippen LogP contribution >= 0.6 is 0 Å². The Bertz CT molecular complexity index is 1210. The van der Waals surface area contributed by atoms with Crippen molar-refractivity contribution in [1.29, 1.82) is 0 Å². The highest BCUT2D eigenvalue weighted by molar-refractivity contribution is 5.95. The van der Waals surface area contributed by atoms with E-state index >= 15 is 0 Å². The van der Waals surface area contributed by atoms with Crippen molar-refractivity contribution >= 4 is 11.7 Å². The highest BCUT2D eigenvalue weighted by Crippen LogP contribution is 2.33. The molecule has 8 heteroatoms. The number of hydrogen-bond donors (Lipinski definition) is 0. The third-order valence-electron chi connectivity index (χ3n) is 5.79. The van der Waals surface area contributed by atoms with Gasteiger partial charge in [0.2, 0.25) is 6.79 Å². The van der Waals surface area contributed by atoms with E-state index in [1.54, 1.807) is 30.3 Å². The summed E-state index contributed by atoms with van der Waals surface area (Å²) in [5.74, 6) is 1.97. The second-order valence-corrected chi connectivity index (χ2v) is 7.98. The lowest BCUT2D eigenvalue weighted by Crippen LogP contribution is -2.36. The molecular weight excluding hydrogens is 408 g/mol. The highest BCUT2D eigenvalue weighted by atomic mass is 16.7. The van der Waals surface area contributed by atoms with E-state index in [9.17, 15) is 9.59 Å². The molecule has 0 unspecified atom stereocenters. The molecule has 3 aromatic rings. The molecule has 1 amide bonds. The minimum Gasteiger partial charge on any atom is -0.454 e. The topological polar surface area (TPSA) is 76.9 Å².